The Morgan fingerprint density at radius 1 is 1.14 bits per heavy atom. The lowest BCUT2D eigenvalue weighted by molar-refractivity contribution is -0.120. The van der Waals surface area contributed by atoms with Gasteiger partial charge in [-0.1, -0.05) is 15.9 Å². The van der Waals surface area contributed by atoms with E-state index < -0.39 is 10.0 Å². The van der Waals surface area contributed by atoms with Crippen LogP contribution in [0.3, 0.4) is 0 Å². The number of hydrogen-bond donors (Lipinski definition) is 1. The summed E-state index contributed by atoms with van der Waals surface area (Å²) in [6.07, 6.45) is 1.39. The van der Waals surface area contributed by atoms with Gasteiger partial charge in [-0.3, -0.25) is 4.79 Å². The molecule has 6 nitrogen and oxygen atoms in total. The highest BCUT2D eigenvalue weighted by atomic mass is 79.9. The highest BCUT2D eigenvalue weighted by Crippen LogP contribution is 2.26. The average molecular weight is 481 g/mol. The van der Waals surface area contributed by atoms with Crippen molar-refractivity contribution in [2.75, 3.05) is 18.4 Å². The Labute approximate surface area is 180 Å². The quantitative estimate of drug-likeness (QED) is 0.669. The van der Waals surface area contributed by atoms with Crippen molar-refractivity contribution in [3.8, 4) is 5.75 Å². The minimum atomic E-state index is -3.62. The second kappa shape index (κ2) is 9.28. The number of sulfonamides is 1. The van der Waals surface area contributed by atoms with E-state index in [2.05, 4.69) is 21.2 Å². The fourth-order valence-electron chi connectivity index (χ4n) is 3.26. The average Bonchev–Trinajstić information content (AvgIpc) is 2.69. The van der Waals surface area contributed by atoms with Gasteiger partial charge in [0.25, 0.3) is 0 Å². The Morgan fingerprint density at radius 3 is 2.41 bits per heavy atom. The first kappa shape index (κ1) is 21.8. The molecule has 2 aromatic carbocycles. The van der Waals surface area contributed by atoms with Crippen LogP contribution >= 0.6 is 15.9 Å². The molecule has 1 heterocycles. The van der Waals surface area contributed by atoms with E-state index >= 15 is 0 Å². The van der Waals surface area contributed by atoms with Crippen molar-refractivity contribution in [3.05, 3.63) is 53.0 Å². The maximum atomic E-state index is 12.9. The molecule has 0 radical (unpaired) electrons. The molecular weight excluding hydrogens is 456 g/mol. The molecular formula is C21H25BrN2O4S. The van der Waals surface area contributed by atoms with E-state index in [0.717, 1.165) is 10.2 Å². The molecule has 156 valence electrons. The zero-order valence-corrected chi connectivity index (χ0v) is 18.9. The number of benzene rings is 2. The Balaban J connectivity index is 1.65. The highest BCUT2D eigenvalue weighted by molar-refractivity contribution is 9.10. The number of nitrogens with one attached hydrogen (secondary N) is 1. The molecule has 1 fully saturated rings. The van der Waals surface area contributed by atoms with Gasteiger partial charge in [-0.15, -0.1) is 0 Å². The molecule has 1 aliphatic heterocycles. The van der Waals surface area contributed by atoms with Crippen LogP contribution in [0, 0.1) is 5.92 Å². The molecule has 1 unspecified atom stereocenters. The van der Waals surface area contributed by atoms with E-state index in [9.17, 15) is 13.2 Å². The van der Waals surface area contributed by atoms with Gasteiger partial charge in [0.1, 0.15) is 5.75 Å². The van der Waals surface area contributed by atoms with Gasteiger partial charge in [-0.05, 0) is 75.2 Å². The standard InChI is InChI=1S/C21H25BrN2O4S/c1-15(2)28-19-9-7-18(8-10-19)23-21(25)16-4-3-13-24(14-16)29(26,27)20-11-5-17(22)6-12-20/h5-12,15-16H,3-4,13-14H2,1-2H3,(H,23,25). The van der Waals surface area contributed by atoms with E-state index in [0.29, 0.717) is 25.1 Å². The molecule has 0 aliphatic carbocycles. The first-order valence-corrected chi connectivity index (χ1v) is 11.8. The number of ether oxygens (including phenoxy) is 1. The van der Waals surface area contributed by atoms with Gasteiger partial charge < -0.3 is 10.1 Å². The third kappa shape index (κ3) is 5.58. The summed E-state index contributed by atoms with van der Waals surface area (Å²) in [5.74, 6) is 0.182. The van der Waals surface area contributed by atoms with E-state index in [-0.39, 0.29) is 29.4 Å². The van der Waals surface area contributed by atoms with E-state index in [1.54, 1.807) is 48.5 Å². The number of amides is 1. The van der Waals surface area contributed by atoms with Gasteiger partial charge in [0.2, 0.25) is 15.9 Å². The molecule has 1 aliphatic rings. The lowest BCUT2D eigenvalue weighted by Gasteiger charge is -2.31. The lowest BCUT2D eigenvalue weighted by Crippen LogP contribution is -2.43. The Hall–Kier alpha value is -1.90. The summed E-state index contributed by atoms with van der Waals surface area (Å²) in [6.45, 7) is 4.50. The second-order valence-corrected chi connectivity index (χ2v) is 10.2. The van der Waals surface area contributed by atoms with Crippen LogP contribution in [-0.2, 0) is 14.8 Å². The zero-order valence-electron chi connectivity index (χ0n) is 16.5. The summed E-state index contributed by atoms with van der Waals surface area (Å²) in [7, 11) is -3.62. The van der Waals surface area contributed by atoms with Gasteiger partial charge >= 0.3 is 0 Å². The first-order chi connectivity index (χ1) is 13.8. The van der Waals surface area contributed by atoms with Crippen molar-refractivity contribution in [1.82, 2.24) is 4.31 Å². The predicted octanol–water partition coefficient (Wildman–Crippen LogP) is 4.28. The predicted molar refractivity (Wildman–Crippen MR) is 116 cm³/mol. The molecule has 0 bridgehead atoms. The van der Waals surface area contributed by atoms with Crippen LogP contribution in [0.15, 0.2) is 57.9 Å². The summed E-state index contributed by atoms with van der Waals surface area (Å²) in [5, 5.41) is 2.89. The summed E-state index contributed by atoms with van der Waals surface area (Å²) in [5.41, 5.74) is 0.666. The van der Waals surface area contributed by atoms with Crippen LogP contribution in [0.2, 0.25) is 0 Å². The molecule has 1 saturated heterocycles. The SMILES string of the molecule is CC(C)Oc1ccc(NC(=O)C2CCCN(S(=O)(=O)c3ccc(Br)cc3)C2)cc1. The van der Waals surface area contributed by atoms with Crippen LogP contribution in [0.4, 0.5) is 5.69 Å². The molecule has 29 heavy (non-hydrogen) atoms. The molecule has 2 aromatic rings. The Kier molecular flexibility index (Phi) is 6.97. The third-order valence-corrected chi connectivity index (χ3v) is 7.11. The smallest absolute Gasteiger partial charge is 0.243 e. The summed E-state index contributed by atoms with van der Waals surface area (Å²) in [4.78, 5) is 13.0. The largest absolute Gasteiger partial charge is 0.491 e. The lowest BCUT2D eigenvalue weighted by atomic mass is 9.99. The van der Waals surface area contributed by atoms with E-state index in [1.165, 1.54) is 4.31 Å². The van der Waals surface area contributed by atoms with Crippen molar-refractivity contribution in [2.45, 2.75) is 37.7 Å². The summed E-state index contributed by atoms with van der Waals surface area (Å²) in [6, 6.07) is 13.7. The van der Waals surface area contributed by atoms with Gasteiger partial charge in [-0.25, -0.2) is 8.42 Å². The zero-order chi connectivity index (χ0) is 21.0. The molecule has 0 spiro atoms. The van der Waals surface area contributed by atoms with E-state index in [1.807, 2.05) is 13.8 Å². The normalized spacial score (nSPS) is 17.9. The summed E-state index contributed by atoms with van der Waals surface area (Å²) < 4.78 is 33.7. The van der Waals surface area contributed by atoms with Crippen LogP contribution in [-0.4, -0.2) is 37.8 Å². The van der Waals surface area contributed by atoms with Crippen molar-refractivity contribution >= 4 is 37.5 Å². The summed E-state index contributed by atoms with van der Waals surface area (Å²) >= 11 is 3.32. The highest BCUT2D eigenvalue weighted by Gasteiger charge is 2.33. The molecule has 0 saturated carbocycles. The molecule has 1 atom stereocenters. The first-order valence-electron chi connectivity index (χ1n) is 9.59. The van der Waals surface area contributed by atoms with Crippen molar-refractivity contribution in [3.63, 3.8) is 0 Å². The number of piperidine rings is 1. The molecule has 1 amide bonds. The minimum Gasteiger partial charge on any atom is -0.491 e. The fourth-order valence-corrected chi connectivity index (χ4v) is 5.05. The third-order valence-electron chi connectivity index (χ3n) is 4.70. The van der Waals surface area contributed by atoms with Gasteiger partial charge in [0.15, 0.2) is 0 Å². The van der Waals surface area contributed by atoms with Crippen LogP contribution in [0.5, 0.6) is 5.75 Å². The van der Waals surface area contributed by atoms with Gasteiger partial charge in [0, 0.05) is 23.2 Å². The van der Waals surface area contributed by atoms with Crippen molar-refractivity contribution < 1.29 is 17.9 Å². The monoisotopic (exact) mass is 480 g/mol. The van der Waals surface area contributed by atoms with Crippen molar-refractivity contribution in [1.29, 1.82) is 0 Å². The van der Waals surface area contributed by atoms with Crippen LogP contribution in [0.25, 0.3) is 0 Å². The Bertz CT molecular complexity index is 944. The number of nitrogens with zero attached hydrogens (tertiary/aromatic N) is 1. The number of anilines is 1. The number of halogens is 1. The molecule has 1 N–H and O–H groups in total. The van der Waals surface area contributed by atoms with Crippen molar-refractivity contribution in [2.24, 2.45) is 5.92 Å². The van der Waals surface area contributed by atoms with Gasteiger partial charge in [-0.2, -0.15) is 4.31 Å². The number of rotatable bonds is 6. The maximum absolute atomic E-state index is 12.9. The molecule has 0 aromatic heterocycles. The Morgan fingerprint density at radius 2 is 1.79 bits per heavy atom. The number of carbonyl (C=O) groups excluding carboxylic acids is 1. The fraction of sp³-hybridized carbons (Fsp3) is 0.381. The minimum absolute atomic E-state index is 0.0799. The molecule has 8 heteroatoms. The van der Waals surface area contributed by atoms with Gasteiger partial charge in [0.05, 0.1) is 16.9 Å². The number of hydrogen-bond acceptors (Lipinski definition) is 4. The maximum Gasteiger partial charge on any atom is 0.243 e. The number of carbonyl (C=O) groups is 1. The second-order valence-electron chi connectivity index (χ2n) is 7.34. The topological polar surface area (TPSA) is 75.7 Å². The van der Waals surface area contributed by atoms with Crippen LogP contribution in [0.1, 0.15) is 26.7 Å². The molecule has 3 rings (SSSR count). The van der Waals surface area contributed by atoms with Crippen LogP contribution < -0.4 is 10.1 Å². The van der Waals surface area contributed by atoms with E-state index in [4.69, 9.17) is 4.74 Å².